The minimum absolute atomic E-state index is 0.108. The summed E-state index contributed by atoms with van der Waals surface area (Å²) in [6.45, 7) is -0.108. The van der Waals surface area contributed by atoms with Crippen molar-refractivity contribution in [2.45, 2.75) is 19.3 Å². The van der Waals surface area contributed by atoms with Crippen molar-refractivity contribution >= 4 is 23.5 Å². The number of benzene rings is 2. The third-order valence-corrected chi connectivity index (χ3v) is 4.26. The molecule has 0 aromatic heterocycles. The van der Waals surface area contributed by atoms with Gasteiger partial charge in [-0.2, -0.15) is 0 Å². The van der Waals surface area contributed by atoms with Gasteiger partial charge in [0, 0.05) is 25.5 Å². The fraction of sp³-hybridized carbons (Fsp3) is 0.300. The number of fused-ring (bicyclic) bond motifs is 1. The summed E-state index contributed by atoms with van der Waals surface area (Å²) in [4.78, 5) is 19.0. The SMILES string of the molecule is CN(C)c1ccc(/C=N/OCC(=O)Nc2ccc3c(c2)CCC3)cc1. The topological polar surface area (TPSA) is 53.9 Å². The van der Waals surface area contributed by atoms with E-state index >= 15 is 0 Å². The number of carbonyl (C=O) groups is 1. The van der Waals surface area contributed by atoms with Crippen molar-refractivity contribution in [2.75, 3.05) is 30.9 Å². The molecular formula is C20H23N3O2. The van der Waals surface area contributed by atoms with Gasteiger partial charge in [0.1, 0.15) is 0 Å². The second-order valence-corrected chi connectivity index (χ2v) is 6.38. The summed E-state index contributed by atoms with van der Waals surface area (Å²) in [6.07, 6.45) is 5.02. The molecule has 25 heavy (non-hydrogen) atoms. The molecule has 0 saturated carbocycles. The number of nitrogens with one attached hydrogen (secondary N) is 1. The van der Waals surface area contributed by atoms with E-state index in [2.05, 4.69) is 22.6 Å². The lowest BCUT2D eigenvalue weighted by Crippen LogP contribution is -2.17. The zero-order valence-corrected chi connectivity index (χ0v) is 14.7. The third-order valence-electron chi connectivity index (χ3n) is 4.26. The van der Waals surface area contributed by atoms with Crippen LogP contribution in [0.25, 0.3) is 0 Å². The Hall–Kier alpha value is -2.82. The van der Waals surface area contributed by atoms with Crippen molar-refractivity contribution in [1.82, 2.24) is 0 Å². The standard InChI is InChI=1S/C20H23N3O2/c1-23(2)19-10-6-15(7-11-19)13-21-25-14-20(24)22-18-9-8-16-4-3-5-17(16)12-18/h6-13H,3-5,14H2,1-2H3,(H,22,24)/b21-13+. The van der Waals surface area contributed by atoms with Gasteiger partial charge in [0.25, 0.3) is 5.91 Å². The molecule has 0 saturated heterocycles. The van der Waals surface area contributed by atoms with E-state index in [1.54, 1.807) is 6.21 Å². The van der Waals surface area contributed by atoms with Crippen LogP contribution >= 0.6 is 0 Å². The van der Waals surface area contributed by atoms with E-state index < -0.39 is 0 Å². The van der Waals surface area contributed by atoms with Crippen molar-refractivity contribution in [3.63, 3.8) is 0 Å². The lowest BCUT2D eigenvalue weighted by molar-refractivity contribution is -0.120. The highest BCUT2D eigenvalue weighted by molar-refractivity contribution is 5.92. The van der Waals surface area contributed by atoms with Crippen molar-refractivity contribution < 1.29 is 9.63 Å². The van der Waals surface area contributed by atoms with Gasteiger partial charge in [-0.15, -0.1) is 0 Å². The smallest absolute Gasteiger partial charge is 0.265 e. The van der Waals surface area contributed by atoms with Crippen LogP contribution in [0.5, 0.6) is 0 Å². The van der Waals surface area contributed by atoms with Crippen LogP contribution in [0.15, 0.2) is 47.6 Å². The largest absolute Gasteiger partial charge is 0.386 e. The molecule has 0 spiro atoms. The van der Waals surface area contributed by atoms with E-state index in [1.165, 1.54) is 17.5 Å². The second-order valence-electron chi connectivity index (χ2n) is 6.38. The lowest BCUT2D eigenvalue weighted by Gasteiger charge is -2.11. The normalized spacial score (nSPS) is 12.9. The molecule has 5 nitrogen and oxygen atoms in total. The quantitative estimate of drug-likeness (QED) is 0.650. The van der Waals surface area contributed by atoms with Crippen molar-refractivity contribution in [1.29, 1.82) is 0 Å². The van der Waals surface area contributed by atoms with Crippen LogP contribution in [-0.4, -0.2) is 32.8 Å². The lowest BCUT2D eigenvalue weighted by atomic mass is 10.1. The summed E-state index contributed by atoms with van der Waals surface area (Å²) in [5, 5.41) is 6.70. The monoisotopic (exact) mass is 337 g/mol. The zero-order chi connectivity index (χ0) is 17.6. The van der Waals surface area contributed by atoms with Crippen LogP contribution in [0.1, 0.15) is 23.1 Å². The Bertz CT molecular complexity index is 767. The van der Waals surface area contributed by atoms with Gasteiger partial charge < -0.3 is 15.1 Å². The van der Waals surface area contributed by atoms with Gasteiger partial charge in [-0.25, -0.2) is 0 Å². The summed E-state index contributed by atoms with van der Waals surface area (Å²) in [5.74, 6) is -0.210. The number of anilines is 2. The second kappa shape index (κ2) is 7.83. The molecule has 2 aromatic rings. The first kappa shape index (κ1) is 17.0. The summed E-state index contributed by atoms with van der Waals surface area (Å²) >= 11 is 0. The van der Waals surface area contributed by atoms with Gasteiger partial charge in [0.15, 0.2) is 6.61 Å². The van der Waals surface area contributed by atoms with Gasteiger partial charge >= 0.3 is 0 Å². The molecule has 0 bridgehead atoms. The fourth-order valence-electron chi connectivity index (χ4n) is 2.90. The molecule has 1 N–H and O–H groups in total. The Labute approximate surface area is 148 Å². The molecule has 2 aromatic carbocycles. The Kier molecular flexibility index (Phi) is 5.33. The maximum atomic E-state index is 11.9. The van der Waals surface area contributed by atoms with Crippen LogP contribution in [0.2, 0.25) is 0 Å². The first-order valence-corrected chi connectivity index (χ1v) is 8.46. The number of nitrogens with zero attached hydrogens (tertiary/aromatic N) is 2. The molecule has 1 aliphatic carbocycles. The van der Waals surface area contributed by atoms with Gasteiger partial charge in [-0.05, 0) is 60.2 Å². The highest BCUT2D eigenvalue weighted by atomic mass is 16.6. The summed E-state index contributed by atoms with van der Waals surface area (Å²) in [5.41, 5.74) is 5.57. The molecule has 1 amide bonds. The fourth-order valence-corrected chi connectivity index (χ4v) is 2.90. The van der Waals surface area contributed by atoms with Crippen LogP contribution in [0.3, 0.4) is 0 Å². The van der Waals surface area contributed by atoms with Gasteiger partial charge in [0.2, 0.25) is 0 Å². The average Bonchev–Trinajstić information content (AvgIpc) is 3.07. The van der Waals surface area contributed by atoms with E-state index in [-0.39, 0.29) is 12.5 Å². The molecule has 130 valence electrons. The number of carbonyl (C=O) groups excluding carboxylic acids is 1. The maximum Gasteiger partial charge on any atom is 0.265 e. The van der Waals surface area contributed by atoms with E-state index in [0.717, 1.165) is 29.8 Å². The molecule has 0 fully saturated rings. The number of amides is 1. The van der Waals surface area contributed by atoms with Crippen molar-refractivity contribution in [3.8, 4) is 0 Å². The number of aryl methyl sites for hydroxylation is 2. The average molecular weight is 337 g/mol. The highest BCUT2D eigenvalue weighted by Crippen LogP contribution is 2.24. The Morgan fingerprint density at radius 2 is 1.92 bits per heavy atom. The molecule has 3 rings (SSSR count). The van der Waals surface area contributed by atoms with Gasteiger partial charge in [-0.1, -0.05) is 23.4 Å². The highest BCUT2D eigenvalue weighted by Gasteiger charge is 2.11. The summed E-state index contributed by atoms with van der Waals surface area (Å²) in [7, 11) is 3.98. The van der Waals surface area contributed by atoms with E-state index in [4.69, 9.17) is 4.84 Å². The minimum atomic E-state index is -0.210. The summed E-state index contributed by atoms with van der Waals surface area (Å²) < 4.78 is 0. The minimum Gasteiger partial charge on any atom is -0.386 e. The number of oxime groups is 1. The Morgan fingerprint density at radius 1 is 1.16 bits per heavy atom. The molecular weight excluding hydrogens is 314 g/mol. The Balaban J connectivity index is 1.46. The van der Waals surface area contributed by atoms with Crippen LogP contribution in [0.4, 0.5) is 11.4 Å². The first-order chi connectivity index (χ1) is 12.1. The van der Waals surface area contributed by atoms with Gasteiger partial charge in [-0.3, -0.25) is 4.79 Å². The van der Waals surface area contributed by atoms with E-state index in [9.17, 15) is 4.79 Å². The summed E-state index contributed by atoms with van der Waals surface area (Å²) in [6, 6.07) is 14.0. The number of hydrogen-bond donors (Lipinski definition) is 1. The maximum absolute atomic E-state index is 11.9. The third kappa shape index (κ3) is 4.59. The van der Waals surface area contributed by atoms with Gasteiger partial charge in [0.05, 0.1) is 6.21 Å². The first-order valence-electron chi connectivity index (χ1n) is 8.46. The predicted molar refractivity (Wildman–Crippen MR) is 101 cm³/mol. The molecule has 5 heteroatoms. The molecule has 0 atom stereocenters. The number of rotatable bonds is 6. The van der Waals surface area contributed by atoms with Crippen LogP contribution in [-0.2, 0) is 22.5 Å². The Morgan fingerprint density at radius 3 is 2.68 bits per heavy atom. The number of hydrogen-bond acceptors (Lipinski definition) is 4. The van der Waals surface area contributed by atoms with Crippen molar-refractivity contribution in [3.05, 3.63) is 59.2 Å². The molecule has 0 radical (unpaired) electrons. The van der Waals surface area contributed by atoms with E-state index in [0.29, 0.717) is 0 Å². The van der Waals surface area contributed by atoms with Crippen molar-refractivity contribution in [2.24, 2.45) is 5.16 Å². The predicted octanol–water partition coefficient (Wildman–Crippen LogP) is 3.23. The molecule has 0 heterocycles. The molecule has 0 aliphatic heterocycles. The molecule has 0 unspecified atom stereocenters. The molecule has 1 aliphatic rings. The van der Waals surface area contributed by atoms with Crippen LogP contribution < -0.4 is 10.2 Å². The van der Waals surface area contributed by atoms with Crippen LogP contribution in [0, 0.1) is 0 Å². The van der Waals surface area contributed by atoms with E-state index in [1.807, 2.05) is 49.3 Å². The zero-order valence-electron chi connectivity index (χ0n) is 14.7.